The average molecular weight is 738 g/mol. The van der Waals surface area contributed by atoms with Crippen LogP contribution in [0.3, 0.4) is 0 Å². The molecule has 5 aromatic carbocycles. The molecule has 2 heterocycles. The van der Waals surface area contributed by atoms with Gasteiger partial charge in [0.2, 0.25) is 0 Å². The van der Waals surface area contributed by atoms with Gasteiger partial charge in [0.15, 0.2) is 0 Å². The smallest absolute Gasteiger partial charge is 0.133 e. The van der Waals surface area contributed by atoms with E-state index in [0.29, 0.717) is 0 Å². The van der Waals surface area contributed by atoms with Gasteiger partial charge < -0.3 is 9.88 Å². The summed E-state index contributed by atoms with van der Waals surface area (Å²) in [5, 5.41) is 6.23. The Morgan fingerprint density at radius 2 is 1.40 bits per heavy atom. The molecule has 0 saturated heterocycles. The zero-order chi connectivity index (χ0) is 38.7. The molecule has 0 saturated carbocycles. The van der Waals surface area contributed by atoms with Crippen molar-refractivity contribution in [1.29, 1.82) is 0 Å². The van der Waals surface area contributed by atoms with Crippen molar-refractivity contribution in [2.45, 2.75) is 57.9 Å². The fourth-order valence-corrected chi connectivity index (χ4v) is 10.2. The number of benzene rings is 5. The molecule has 1 N–H and O–H groups in total. The summed E-state index contributed by atoms with van der Waals surface area (Å²) in [5.74, 6) is 0.855. The molecule has 0 amide bonds. The van der Waals surface area contributed by atoms with Crippen LogP contribution in [0.1, 0.15) is 68.7 Å². The number of fused-ring (bicyclic) bond motifs is 11. The summed E-state index contributed by atoms with van der Waals surface area (Å²) in [6.45, 7) is 10.1. The monoisotopic (exact) mass is 737 g/mol. The minimum Gasteiger partial charge on any atom is -0.340 e. The lowest BCUT2D eigenvalue weighted by Crippen LogP contribution is -2.30. The minimum absolute atomic E-state index is 0.119. The molecule has 3 heteroatoms. The van der Waals surface area contributed by atoms with Crippen LogP contribution >= 0.6 is 0 Å². The number of aromatic nitrogens is 1. The minimum atomic E-state index is -0.277. The Hall–Kier alpha value is -6.45. The maximum Gasteiger partial charge on any atom is 0.133 e. The second kappa shape index (κ2) is 13.9. The van der Waals surface area contributed by atoms with Crippen molar-refractivity contribution in [3.63, 3.8) is 0 Å². The third-order valence-corrected chi connectivity index (χ3v) is 12.6. The van der Waals surface area contributed by atoms with E-state index in [1.165, 1.54) is 55.2 Å². The highest BCUT2D eigenvalue weighted by molar-refractivity contribution is 6.12. The van der Waals surface area contributed by atoms with Gasteiger partial charge in [-0.05, 0) is 137 Å². The van der Waals surface area contributed by atoms with Crippen LogP contribution in [0.2, 0.25) is 0 Å². The Labute approximate surface area is 336 Å². The van der Waals surface area contributed by atoms with Gasteiger partial charge in [0.25, 0.3) is 0 Å². The quantitative estimate of drug-likeness (QED) is 0.175. The number of hydrogen-bond acceptors (Lipinski definition) is 2. The van der Waals surface area contributed by atoms with Gasteiger partial charge in [-0.2, -0.15) is 0 Å². The molecule has 1 aromatic heterocycles. The molecule has 5 aliphatic rings. The summed E-state index contributed by atoms with van der Waals surface area (Å²) in [4.78, 5) is 5.18. The Kier molecular flexibility index (Phi) is 8.56. The lowest BCUT2D eigenvalue weighted by molar-refractivity contribution is 0.763. The maximum atomic E-state index is 5.18. The van der Waals surface area contributed by atoms with Crippen molar-refractivity contribution in [3.05, 3.63) is 214 Å². The predicted octanol–water partition coefficient (Wildman–Crippen LogP) is 13.3. The molecule has 1 atom stereocenters. The Morgan fingerprint density at radius 3 is 2.12 bits per heavy atom. The molecule has 1 aliphatic heterocycles. The molecule has 1 spiro atoms. The van der Waals surface area contributed by atoms with E-state index in [1.54, 1.807) is 11.1 Å². The van der Waals surface area contributed by atoms with Crippen LogP contribution < -0.4 is 5.32 Å². The van der Waals surface area contributed by atoms with Crippen molar-refractivity contribution in [2.24, 2.45) is 4.99 Å². The highest BCUT2D eigenvalue weighted by Crippen LogP contribution is 2.64. The van der Waals surface area contributed by atoms with Crippen LogP contribution in [0.4, 0.5) is 0 Å². The van der Waals surface area contributed by atoms with E-state index >= 15 is 0 Å². The van der Waals surface area contributed by atoms with Gasteiger partial charge in [-0.3, -0.25) is 4.99 Å². The SMILES string of the molecule is C=C/C(=C\C)C1C=C(c2ccccc2)NC(c2ccc(-n3c4ccccc4c4cc5c(cc43)-c3ccccc3C53C4=C(CCC=C4)C4=C3C=CCC4)cc2)=N1.CC. The fraction of sp³-hybridized carbons (Fsp3) is 0.167. The molecule has 11 rings (SSSR count). The number of allylic oxidation sites excluding steroid dienone is 9. The topological polar surface area (TPSA) is 29.3 Å². The van der Waals surface area contributed by atoms with Crippen molar-refractivity contribution in [3.8, 4) is 16.8 Å². The van der Waals surface area contributed by atoms with E-state index in [2.05, 4.69) is 175 Å². The van der Waals surface area contributed by atoms with Crippen LogP contribution in [0.25, 0.3) is 44.3 Å². The lowest BCUT2D eigenvalue weighted by atomic mass is 9.67. The first-order chi connectivity index (χ1) is 28.2. The van der Waals surface area contributed by atoms with Gasteiger partial charge in [0, 0.05) is 27.7 Å². The molecule has 1 unspecified atom stereocenters. The largest absolute Gasteiger partial charge is 0.340 e. The first-order valence-electron chi connectivity index (χ1n) is 20.7. The number of aliphatic imine (C=N–C) groups is 1. The zero-order valence-corrected chi connectivity index (χ0v) is 33.0. The summed E-state index contributed by atoms with van der Waals surface area (Å²) in [5.41, 5.74) is 19.3. The molecule has 0 fully saturated rings. The molecule has 3 nitrogen and oxygen atoms in total. The Morgan fingerprint density at radius 1 is 0.719 bits per heavy atom. The summed E-state index contributed by atoms with van der Waals surface area (Å²) < 4.78 is 2.46. The van der Waals surface area contributed by atoms with Gasteiger partial charge in [-0.25, -0.2) is 0 Å². The molecule has 57 heavy (non-hydrogen) atoms. The number of rotatable bonds is 5. The highest BCUT2D eigenvalue weighted by atomic mass is 15.0. The van der Waals surface area contributed by atoms with Gasteiger partial charge in [-0.15, -0.1) is 0 Å². The maximum absolute atomic E-state index is 5.18. The zero-order valence-electron chi connectivity index (χ0n) is 33.0. The van der Waals surface area contributed by atoms with Gasteiger partial charge in [0.05, 0.1) is 22.5 Å². The summed E-state index contributed by atoms with van der Waals surface area (Å²) >= 11 is 0. The molecule has 278 valence electrons. The first-order valence-corrected chi connectivity index (χ1v) is 20.7. The third-order valence-electron chi connectivity index (χ3n) is 12.6. The van der Waals surface area contributed by atoms with Crippen molar-refractivity contribution in [1.82, 2.24) is 9.88 Å². The number of amidine groups is 1. The van der Waals surface area contributed by atoms with E-state index in [1.807, 2.05) is 19.9 Å². The average Bonchev–Trinajstić information content (AvgIpc) is 3.88. The number of nitrogens with one attached hydrogen (secondary N) is 1. The molecule has 0 radical (unpaired) electrons. The highest BCUT2D eigenvalue weighted by Gasteiger charge is 2.53. The van der Waals surface area contributed by atoms with Crippen LogP contribution in [0, 0.1) is 0 Å². The van der Waals surface area contributed by atoms with Gasteiger partial charge in [-0.1, -0.05) is 130 Å². The van der Waals surface area contributed by atoms with Crippen LogP contribution in [-0.4, -0.2) is 16.4 Å². The number of nitrogens with zero attached hydrogens (tertiary/aromatic N) is 2. The molecule has 0 bridgehead atoms. The molecule has 6 aromatic rings. The van der Waals surface area contributed by atoms with Crippen LogP contribution in [0.15, 0.2) is 197 Å². The second-order valence-electron chi connectivity index (χ2n) is 15.3. The van der Waals surface area contributed by atoms with E-state index in [4.69, 9.17) is 4.99 Å². The normalized spacial score (nSPS) is 18.7. The Bertz CT molecular complexity index is 2810. The van der Waals surface area contributed by atoms with E-state index in [-0.39, 0.29) is 11.5 Å². The van der Waals surface area contributed by atoms with Crippen molar-refractivity contribution < 1.29 is 0 Å². The van der Waals surface area contributed by atoms with Crippen molar-refractivity contribution in [2.75, 3.05) is 0 Å². The second-order valence-corrected chi connectivity index (χ2v) is 15.3. The number of para-hydroxylation sites is 1. The third kappa shape index (κ3) is 5.15. The summed E-state index contributed by atoms with van der Waals surface area (Å²) in [6, 6.07) is 42.4. The van der Waals surface area contributed by atoms with Crippen molar-refractivity contribution >= 4 is 33.3 Å². The molecular formula is C54H47N3. The van der Waals surface area contributed by atoms with E-state index in [0.717, 1.165) is 59.6 Å². The van der Waals surface area contributed by atoms with E-state index in [9.17, 15) is 0 Å². The molecular weight excluding hydrogens is 691 g/mol. The van der Waals surface area contributed by atoms with E-state index < -0.39 is 0 Å². The fourth-order valence-electron chi connectivity index (χ4n) is 10.2. The van der Waals surface area contributed by atoms with Crippen LogP contribution in [0.5, 0.6) is 0 Å². The first kappa shape index (κ1) is 35.0. The standard InChI is InChI=1S/C52H41N3.C2H6/c1-3-33(4-2)47-32-48(34-16-6-5-7-17-34)54-51(53-47)35-26-28-36(29-27-35)55-49-25-15-11-21-40(49)42-30-46-41(31-50(42)55)39-20-10-14-24-45(39)52(46)43-22-12-8-18-37(43)38-19-9-13-23-44(38)52;1-2/h3-7,10-17,20-32,47H,1,8-9,18-19H2,2H3,(H,53,54);1-2H3/b33-4+;. The summed E-state index contributed by atoms with van der Waals surface area (Å²) in [7, 11) is 0. The Balaban J connectivity index is 0.00000195. The van der Waals surface area contributed by atoms with Crippen LogP contribution in [-0.2, 0) is 5.41 Å². The van der Waals surface area contributed by atoms with Gasteiger partial charge >= 0.3 is 0 Å². The summed E-state index contributed by atoms with van der Waals surface area (Å²) in [6.07, 6.45) is 20.5. The lowest BCUT2D eigenvalue weighted by Gasteiger charge is -2.34. The van der Waals surface area contributed by atoms with Gasteiger partial charge in [0.1, 0.15) is 5.84 Å². The molecule has 4 aliphatic carbocycles. The number of hydrogen-bond donors (Lipinski definition) is 1. The predicted molar refractivity (Wildman–Crippen MR) is 241 cm³/mol.